The van der Waals surface area contributed by atoms with Crippen LogP contribution in [0.5, 0.6) is 5.88 Å². The highest BCUT2D eigenvalue weighted by Gasteiger charge is 1.98. The second-order valence-corrected chi connectivity index (χ2v) is 3.35. The number of nitrogens with zero attached hydrogens (tertiary/aromatic N) is 1. The zero-order valence-electron chi connectivity index (χ0n) is 7.09. The average Bonchev–Trinajstić information content (AvgIpc) is 2.09. The molecule has 0 atom stereocenters. The Labute approximate surface area is 81.1 Å². The smallest absolute Gasteiger partial charge is 0.227 e. The maximum Gasteiger partial charge on any atom is 0.227 e. The number of hydrogen-bond donors (Lipinski definition) is 0. The minimum Gasteiger partial charge on any atom is -0.477 e. The van der Waals surface area contributed by atoms with Crippen molar-refractivity contribution in [3.8, 4) is 5.88 Å². The normalized spacial score (nSPS) is 9.83. The highest BCUT2D eigenvalue weighted by molar-refractivity contribution is 9.10. The van der Waals surface area contributed by atoms with Gasteiger partial charge in [0, 0.05) is 6.20 Å². The van der Waals surface area contributed by atoms with E-state index in [0.717, 1.165) is 23.9 Å². The van der Waals surface area contributed by atoms with Crippen molar-refractivity contribution in [3.63, 3.8) is 0 Å². The van der Waals surface area contributed by atoms with Crippen LogP contribution in [0.1, 0.15) is 19.8 Å². The van der Waals surface area contributed by atoms with Gasteiger partial charge >= 0.3 is 0 Å². The van der Waals surface area contributed by atoms with Gasteiger partial charge < -0.3 is 4.74 Å². The molecule has 3 heteroatoms. The van der Waals surface area contributed by atoms with Crippen LogP contribution in [0.25, 0.3) is 0 Å². The molecule has 2 nitrogen and oxygen atoms in total. The van der Waals surface area contributed by atoms with Gasteiger partial charge in [-0.25, -0.2) is 4.98 Å². The van der Waals surface area contributed by atoms with E-state index in [1.807, 2.05) is 12.1 Å². The lowest BCUT2D eigenvalue weighted by Gasteiger charge is -2.04. The Morgan fingerprint density at radius 3 is 3.08 bits per heavy atom. The first-order valence-electron chi connectivity index (χ1n) is 4.08. The summed E-state index contributed by atoms with van der Waals surface area (Å²) in [5.41, 5.74) is 0. The fourth-order valence-electron chi connectivity index (χ4n) is 0.791. The number of ether oxygens (including phenoxy) is 1. The highest BCUT2D eigenvalue weighted by Crippen LogP contribution is 2.20. The maximum atomic E-state index is 5.42. The molecule has 1 aromatic rings. The van der Waals surface area contributed by atoms with E-state index in [-0.39, 0.29) is 0 Å². The number of halogens is 1. The van der Waals surface area contributed by atoms with Crippen molar-refractivity contribution >= 4 is 15.9 Å². The number of aromatic nitrogens is 1. The molecule has 0 spiro atoms. The topological polar surface area (TPSA) is 22.1 Å². The third-order valence-corrected chi connectivity index (χ3v) is 2.06. The average molecular weight is 230 g/mol. The zero-order chi connectivity index (χ0) is 8.81. The first-order valence-corrected chi connectivity index (χ1v) is 4.87. The Hall–Kier alpha value is -0.570. The van der Waals surface area contributed by atoms with Crippen molar-refractivity contribution in [2.75, 3.05) is 6.61 Å². The molecule has 0 unspecified atom stereocenters. The molecule has 1 rings (SSSR count). The second-order valence-electron chi connectivity index (χ2n) is 2.49. The van der Waals surface area contributed by atoms with Crippen LogP contribution in [-0.4, -0.2) is 11.6 Å². The van der Waals surface area contributed by atoms with Gasteiger partial charge in [0.25, 0.3) is 0 Å². The molecule has 0 fully saturated rings. The van der Waals surface area contributed by atoms with Gasteiger partial charge in [-0.05, 0) is 34.5 Å². The molecule has 0 aromatic carbocycles. The monoisotopic (exact) mass is 229 g/mol. The lowest BCUT2D eigenvalue weighted by Crippen LogP contribution is -1.98. The van der Waals surface area contributed by atoms with Gasteiger partial charge in [0.15, 0.2) is 0 Å². The van der Waals surface area contributed by atoms with Crippen molar-refractivity contribution < 1.29 is 4.74 Å². The van der Waals surface area contributed by atoms with Gasteiger partial charge in [-0.2, -0.15) is 0 Å². The molecule has 0 bridgehead atoms. The van der Waals surface area contributed by atoms with Crippen LogP contribution >= 0.6 is 15.9 Å². The number of pyridine rings is 1. The van der Waals surface area contributed by atoms with Crippen molar-refractivity contribution in [2.45, 2.75) is 19.8 Å². The van der Waals surface area contributed by atoms with Gasteiger partial charge in [0.2, 0.25) is 5.88 Å². The molecule has 0 saturated heterocycles. The quantitative estimate of drug-likeness (QED) is 0.741. The Balaban J connectivity index is 2.46. The van der Waals surface area contributed by atoms with Crippen LogP contribution in [0.3, 0.4) is 0 Å². The highest BCUT2D eigenvalue weighted by atomic mass is 79.9. The van der Waals surface area contributed by atoms with Crippen LogP contribution in [-0.2, 0) is 0 Å². The largest absolute Gasteiger partial charge is 0.477 e. The molecular formula is C9H12BrNO. The Morgan fingerprint density at radius 1 is 1.58 bits per heavy atom. The van der Waals surface area contributed by atoms with Gasteiger partial charge in [-0.1, -0.05) is 13.3 Å². The molecule has 0 saturated carbocycles. The van der Waals surface area contributed by atoms with Gasteiger partial charge in [0.1, 0.15) is 0 Å². The molecule has 1 aromatic heterocycles. The van der Waals surface area contributed by atoms with Gasteiger partial charge in [-0.15, -0.1) is 0 Å². The maximum absolute atomic E-state index is 5.42. The van der Waals surface area contributed by atoms with Gasteiger partial charge in [0.05, 0.1) is 11.1 Å². The number of hydrogen-bond acceptors (Lipinski definition) is 2. The molecule has 1 heterocycles. The summed E-state index contributed by atoms with van der Waals surface area (Å²) in [4.78, 5) is 4.08. The van der Waals surface area contributed by atoms with E-state index in [2.05, 4.69) is 27.8 Å². The summed E-state index contributed by atoms with van der Waals surface area (Å²) in [5, 5.41) is 0. The Morgan fingerprint density at radius 2 is 2.42 bits per heavy atom. The standard InChI is InChI=1S/C9H12BrNO/c1-2-3-7-12-9-8(10)5-4-6-11-9/h4-6H,2-3,7H2,1H3. The van der Waals surface area contributed by atoms with E-state index in [1.165, 1.54) is 0 Å². The molecule has 0 amide bonds. The molecule has 0 aliphatic heterocycles. The fraction of sp³-hybridized carbons (Fsp3) is 0.444. The van der Waals surface area contributed by atoms with E-state index in [1.54, 1.807) is 6.20 Å². The van der Waals surface area contributed by atoms with Crippen molar-refractivity contribution in [1.29, 1.82) is 0 Å². The predicted molar refractivity (Wildman–Crippen MR) is 52.3 cm³/mol. The van der Waals surface area contributed by atoms with E-state index < -0.39 is 0 Å². The van der Waals surface area contributed by atoms with Gasteiger partial charge in [-0.3, -0.25) is 0 Å². The Bertz CT molecular complexity index is 240. The summed E-state index contributed by atoms with van der Waals surface area (Å²) in [6.07, 6.45) is 3.94. The van der Waals surface area contributed by atoms with Crippen LogP contribution in [0.2, 0.25) is 0 Å². The van der Waals surface area contributed by atoms with Crippen LogP contribution in [0, 0.1) is 0 Å². The second kappa shape index (κ2) is 5.14. The molecule has 0 radical (unpaired) electrons. The molecular weight excluding hydrogens is 218 g/mol. The molecule has 66 valence electrons. The van der Waals surface area contributed by atoms with E-state index in [9.17, 15) is 0 Å². The Kier molecular flexibility index (Phi) is 4.08. The van der Waals surface area contributed by atoms with Crippen LogP contribution in [0.15, 0.2) is 22.8 Å². The first kappa shape index (κ1) is 9.52. The summed E-state index contributed by atoms with van der Waals surface area (Å²) in [6.45, 7) is 2.88. The number of rotatable bonds is 4. The summed E-state index contributed by atoms with van der Waals surface area (Å²) in [5.74, 6) is 0.686. The molecule has 12 heavy (non-hydrogen) atoms. The third-order valence-electron chi connectivity index (χ3n) is 1.46. The van der Waals surface area contributed by atoms with Crippen LogP contribution in [0.4, 0.5) is 0 Å². The molecule has 0 aliphatic carbocycles. The SMILES string of the molecule is CCCCOc1ncccc1Br. The minimum atomic E-state index is 0.686. The summed E-state index contributed by atoms with van der Waals surface area (Å²) in [7, 11) is 0. The molecule has 0 aliphatic rings. The predicted octanol–water partition coefficient (Wildman–Crippen LogP) is 3.02. The fourth-order valence-corrected chi connectivity index (χ4v) is 1.16. The lowest BCUT2D eigenvalue weighted by molar-refractivity contribution is 0.296. The summed E-state index contributed by atoms with van der Waals surface area (Å²) in [6, 6.07) is 3.80. The van der Waals surface area contributed by atoms with E-state index in [0.29, 0.717) is 5.88 Å². The number of unbranched alkanes of at least 4 members (excludes halogenated alkanes) is 1. The van der Waals surface area contributed by atoms with Crippen molar-refractivity contribution in [1.82, 2.24) is 4.98 Å². The summed E-state index contributed by atoms with van der Waals surface area (Å²) < 4.78 is 6.34. The van der Waals surface area contributed by atoms with E-state index >= 15 is 0 Å². The van der Waals surface area contributed by atoms with E-state index in [4.69, 9.17) is 4.74 Å². The third kappa shape index (κ3) is 2.81. The molecule has 0 N–H and O–H groups in total. The van der Waals surface area contributed by atoms with Crippen molar-refractivity contribution in [3.05, 3.63) is 22.8 Å². The zero-order valence-corrected chi connectivity index (χ0v) is 8.67. The van der Waals surface area contributed by atoms with Crippen molar-refractivity contribution in [2.24, 2.45) is 0 Å². The first-order chi connectivity index (χ1) is 5.84. The van der Waals surface area contributed by atoms with Crippen LogP contribution < -0.4 is 4.74 Å². The minimum absolute atomic E-state index is 0.686. The lowest BCUT2D eigenvalue weighted by atomic mass is 10.4. The summed E-state index contributed by atoms with van der Waals surface area (Å²) >= 11 is 3.36.